The van der Waals surface area contributed by atoms with E-state index >= 15 is 0 Å². The molecule has 8 N–H and O–H groups in total. The van der Waals surface area contributed by atoms with Crippen molar-refractivity contribution in [1.82, 2.24) is 19.9 Å². The fourth-order valence-electron chi connectivity index (χ4n) is 0.860. The van der Waals surface area contributed by atoms with Gasteiger partial charge in [0.15, 0.2) is 11.2 Å². The quantitative estimate of drug-likeness (QED) is 0.443. The largest absolute Gasteiger partial charge is 0.412 e. The standard InChI is InChI=1S/C5H5N5O.Cu.2H2O/c6-5-9-3-2(4(11)10-5)7-1-8-3;;;/h1H,(H4,6,7,8,9,10,11);;2*1H2. The summed E-state index contributed by atoms with van der Waals surface area (Å²) in [5.41, 5.74) is 5.65. The summed E-state index contributed by atoms with van der Waals surface area (Å²) in [6.07, 6.45) is 1.40. The molecule has 0 spiro atoms. The Hall–Kier alpha value is -1.41. The van der Waals surface area contributed by atoms with Crippen molar-refractivity contribution in [2.75, 3.05) is 5.73 Å². The summed E-state index contributed by atoms with van der Waals surface area (Å²) in [6.45, 7) is 0. The Bertz CT molecular complexity index is 452. The van der Waals surface area contributed by atoms with E-state index < -0.39 is 0 Å². The smallest absolute Gasteiger partial charge is 0.278 e. The van der Waals surface area contributed by atoms with Gasteiger partial charge in [-0.3, -0.25) is 9.78 Å². The van der Waals surface area contributed by atoms with Crippen LogP contribution < -0.4 is 11.3 Å². The number of aromatic amines is 2. The third-order valence-corrected chi connectivity index (χ3v) is 1.31. The van der Waals surface area contributed by atoms with Crippen LogP contribution in [-0.2, 0) is 17.1 Å². The van der Waals surface area contributed by atoms with Crippen LogP contribution >= 0.6 is 0 Å². The molecule has 1 radical (unpaired) electrons. The fraction of sp³-hybridized carbons (Fsp3) is 0. The molecule has 0 amide bonds. The molecule has 0 saturated carbocycles. The van der Waals surface area contributed by atoms with Gasteiger partial charge in [-0.15, -0.1) is 0 Å². The average molecular weight is 251 g/mol. The first-order valence-corrected chi connectivity index (χ1v) is 2.96. The first-order chi connectivity index (χ1) is 5.27. The van der Waals surface area contributed by atoms with E-state index in [9.17, 15) is 4.79 Å². The van der Waals surface area contributed by atoms with Gasteiger partial charge < -0.3 is 21.7 Å². The monoisotopic (exact) mass is 250 g/mol. The molecule has 9 heteroatoms. The van der Waals surface area contributed by atoms with E-state index in [4.69, 9.17) is 5.73 Å². The van der Waals surface area contributed by atoms with Gasteiger partial charge in [0, 0.05) is 17.1 Å². The zero-order chi connectivity index (χ0) is 7.84. The third kappa shape index (κ3) is 2.30. The maximum atomic E-state index is 11.0. The molecule has 83 valence electrons. The van der Waals surface area contributed by atoms with E-state index in [1.165, 1.54) is 6.33 Å². The number of fused-ring (bicyclic) bond motifs is 1. The first kappa shape index (κ1) is 15.1. The Morgan fingerprint density at radius 3 is 2.64 bits per heavy atom. The molecule has 0 aromatic carbocycles. The second-order valence-corrected chi connectivity index (χ2v) is 2.05. The number of aromatic nitrogens is 4. The molecule has 2 aromatic rings. The molecule has 2 heterocycles. The minimum atomic E-state index is -0.301. The Morgan fingerprint density at radius 2 is 2.00 bits per heavy atom. The van der Waals surface area contributed by atoms with Gasteiger partial charge in [0.2, 0.25) is 5.95 Å². The summed E-state index contributed by atoms with van der Waals surface area (Å²) in [7, 11) is 0. The minimum Gasteiger partial charge on any atom is -0.412 e. The predicted octanol–water partition coefficient (Wildman–Crippen LogP) is -2.42. The molecule has 14 heavy (non-hydrogen) atoms. The molecule has 2 aromatic heterocycles. The molecule has 0 aliphatic rings. The average Bonchev–Trinajstić information content (AvgIpc) is 2.34. The van der Waals surface area contributed by atoms with Crippen LogP contribution in [0.5, 0.6) is 0 Å². The van der Waals surface area contributed by atoms with Crippen molar-refractivity contribution in [1.29, 1.82) is 0 Å². The number of anilines is 1. The van der Waals surface area contributed by atoms with Crippen molar-refractivity contribution in [3.8, 4) is 0 Å². The van der Waals surface area contributed by atoms with Gasteiger partial charge in [-0.25, -0.2) is 4.98 Å². The van der Waals surface area contributed by atoms with Gasteiger partial charge in [0.25, 0.3) is 5.56 Å². The van der Waals surface area contributed by atoms with Crippen LogP contribution in [0, 0.1) is 0 Å². The van der Waals surface area contributed by atoms with Crippen molar-refractivity contribution >= 4 is 17.1 Å². The molecule has 0 saturated heterocycles. The fourth-order valence-corrected chi connectivity index (χ4v) is 0.860. The topological polar surface area (TPSA) is 163 Å². The van der Waals surface area contributed by atoms with Gasteiger partial charge in [-0.1, -0.05) is 0 Å². The molecule has 0 bridgehead atoms. The summed E-state index contributed by atoms with van der Waals surface area (Å²) in [5, 5.41) is 0. The molecular formula is C5H9CuN5O3. The maximum Gasteiger partial charge on any atom is 0.278 e. The number of nitrogens with two attached hydrogens (primary N) is 1. The van der Waals surface area contributed by atoms with Gasteiger partial charge in [0.05, 0.1) is 6.33 Å². The third-order valence-electron chi connectivity index (χ3n) is 1.31. The second-order valence-electron chi connectivity index (χ2n) is 2.05. The Balaban J connectivity index is 0. The van der Waals surface area contributed by atoms with E-state index in [-0.39, 0.29) is 39.5 Å². The number of hydrogen-bond donors (Lipinski definition) is 3. The van der Waals surface area contributed by atoms with Crippen molar-refractivity contribution in [2.45, 2.75) is 0 Å². The van der Waals surface area contributed by atoms with Crippen molar-refractivity contribution in [3.05, 3.63) is 16.7 Å². The number of nitrogens with zero attached hydrogens (tertiary/aromatic N) is 2. The molecule has 0 aliphatic carbocycles. The van der Waals surface area contributed by atoms with Crippen LogP contribution in [0.15, 0.2) is 11.1 Å². The normalized spacial score (nSPS) is 8.29. The van der Waals surface area contributed by atoms with Crippen LogP contribution in [0.3, 0.4) is 0 Å². The second kappa shape index (κ2) is 5.35. The molecule has 0 aliphatic heterocycles. The summed E-state index contributed by atoms with van der Waals surface area (Å²) in [4.78, 5) is 23.5. The number of hydrogen-bond acceptors (Lipinski definition) is 4. The molecule has 0 unspecified atom stereocenters. The van der Waals surface area contributed by atoms with Crippen LogP contribution in [0.25, 0.3) is 11.2 Å². The minimum absolute atomic E-state index is 0. The van der Waals surface area contributed by atoms with Gasteiger partial charge in [0.1, 0.15) is 0 Å². The van der Waals surface area contributed by atoms with E-state index in [2.05, 4.69) is 19.9 Å². The number of imidazole rings is 1. The SMILES string of the molecule is Nc1nc2nc[nH]c2c(=O)[nH]1.O.O.[Cu]. The van der Waals surface area contributed by atoms with E-state index in [0.717, 1.165) is 0 Å². The summed E-state index contributed by atoms with van der Waals surface area (Å²) in [6, 6.07) is 0. The zero-order valence-electron chi connectivity index (χ0n) is 6.76. The molecule has 2 rings (SSSR count). The molecular weight excluding hydrogens is 242 g/mol. The van der Waals surface area contributed by atoms with E-state index in [1.54, 1.807) is 0 Å². The van der Waals surface area contributed by atoms with Crippen molar-refractivity contribution in [2.24, 2.45) is 0 Å². The first-order valence-electron chi connectivity index (χ1n) is 2.96. The van der Waals surface area contributed by atoms with Crippen molar-refractivity contribution < 1.29 is 28.0 Å². The number of H-pyrrole nitrogens is 2. The van der Waals surface area contributed by atoms with E-state index in [1.807, 2.05) is 0 Å². The van der Waals surface area contributed by atoms with Crippen LogP contribution in [0.4, 0.5) is 5.95 Å². The molecule has 0 atom stereocenters. The van der Waals surface area contributed by atoms with Crippen LogP contribution in [-0.4, -0.2) is 30.9 Å². The van der Waals surface area contributed by atoms with Crippen LogP contribution in [0.1, 0.15) is 0 Å². The van der Waals surface area contributed by atoms with Crippen LogP contribution in [0.2, 0.25) is 0 Å². The van der Waals surface area contributed by atoms with Gasteiger partial charge in [-0.2, -0.15) is 4.98 Å². The number of nitrogens with one attached hydrogen (secondary N) is 2. The zero-order valence-corrected chi connectivity index (χ0v) is 7.70. The molecule has 8 nitrogen and oxygen atoms in total. The van der Waals surface area contributed by atoms with Gasteiger partial charge >= 0.3 is 0 Å². The Morgan fingerprint density at radius 1 is 1.36 bits per heavy atom. The Kier molecular flexibility index (Phi) is 5.76. The number of rotatable bonds is 0. The van der Waals surface area contributed by atoms with Gasteiger partial charge in [-0.05, 0) is 0 Å². The molecule has 0 fully saturated rings. The summed E-state index contributed by atoms with van der Waals surface area (Å²) in [5.74, 6) is 0.0783. The predicted molar refractivity (Wildman–Crippen MR) is 46.1 cm³/mol. The van der Waals surface area contributed by atoms with Crippen molar-refractivity contribution in [3.63, 3.8) is 0 Å². The van der Waals surface area contributed by atoms with E-state index in [0.29, 0.717) is 11.2 Å². The number of nitrogen functional groups attached to an aromatic ring is 1. The summed E-state index contributed by atoms with van der Waals surface area (Å²) < 4.78 is 0. The maximum absolute atomic E-state index is 11.0. The Labute approximate surface area is 88.0 Å². The summed E-state index contributed by atoms with van der Waals surface area (Å²) >= 11 is 0.